The van der Waals surface area contributed by atoms with E-state index in [0.29, 0.717) is 6.54 Å². The second-order valence-corrected chi connectivity index (χ2v) is 4.65. The molecule has 0 bridgehead atoms. The van der Waals surface area contributed by atoms with Crippen molar-refractivity contribution in [3.05, 3.63) is 11.9 Å². The molecule has 2 N–H and O–H groups in total. The van der Waals surface area contributed by atoms with Gasteiger partial charge in [-0.3, -0.25) is 4.79 Å². The lowest BCUT2D eigenvalue weighted by molar-refractivity contribution is -0.119. The fraction of sp³-hybridized carbons (Fsp3) is 0.615. The van der Waals surface area contributed by atoms with Crippen molar-refractivity contribution in [2.75, 3.05) is 36.9 Å². The van der Waals surface area contributed by atoms with E-state index in [1.807, 2.05) is 7.05 Å². The third kappa shape index (κ3) is 3.13. The maximum atomic E-state index is 11.7. The van der Waals surface area contributed by atoms with Gasteiger partial charge < -0.3 is 15.5 Å². The molecule has 1 amide bonds. The lowest BCUT2D eigenvalue weighted by Gasteiger charge is -2.23. The van der Waals surface area contributed by atoms with E-state index in [1.54, 1.807) is 6.33 Å². The predicted octanol–water partition coefficient (Wildman–Crippen LogP) is 0.797. The first kappa shape index (κ1) is 13.6. The molecule has 1 aliphatic heterocycles. The van der Waals surface area contributed by atoms with Crippen LogP contribution in [0.3, 0.4) is 0 Å². The van der Waals surface area contributed by atoms with E-state index >= 15 is 0 Å². The Morgan fingerprint density at radius 1 is 1.47 bits per heavy atom. The first-order chi connectivity index (χ1) is 9.26. The second-order valence-electron chi connectivity index (χ2n) is 4.65. The van der Waals surface area contributed by atoms with Crippen LogP contribution in [0.4, 0.5) is 11.6 Å². The summed E-state index contributed by atoms with van der Waals surface area (Å²) in [5.41, 5.74) is 1.10. The van der Waals surface area contributed by atoms with Crippen LogP contribution in [-0.2, 0) is 11.2 Å². The van der Waals surface area contributed by atoms with Crippen LogP contribution in [0, 0.1) is 0 Å². The van der Waals surface area contributed by atoms with E-state index in [0.717, 1.165) is 49.6 Å². The van der Waals surface area contributed by atoms with Crippen LogP contribution >= 0.6 is 0 Å². The van der Waals surface area contributed by atoms with Gasteiger partial charge in [0.2, 0.25) is 5.91 Å². The van der Waals surface area contributed by atoms with Crippen molar-refractivity contribution in [3.8, 4) is 0 Å². The van der Waals surface area contributed by atoms with Gasteiger partial charge in [-0.05, 0) is 12.8 Å². The van der Waals surface area contributed by atoms with Gasteiger partial charge in [0.1, 0.15) is 18.0 Å². The summed E-state index contributed by atoms with van der Waals surface area (Å²) in [6.45, 7) is 4.08. The number of carbonyl (C=O) groups is 1. The number of nitrogens with one attached hydrogen (secondary N) is 2. The van der Waals surface area contributed by atoms with Gasteiger partial charge in [0.25, 0.3) is 0 Å². The highest BCUT2D eigenvalue weighted by Gasteiger charge is 2.20. The van der Waals surface area contributed by atoms with Crippen LogP contribution in [0.1, 0.15) is 25.3 Å². The first-order valence-corrected chi connectivity index (χ1v) is 6.79. The summed E-state index contributed by atoms with van der Waals surface area (Å²) in [5.74, 6) is 1.80. The summed E-state index contributed by atoms with van der Waals surface area (Å²) in [5, 5.41) is 5.99. The minimum Gasteiger partial charge on any atom is -0.373 e. The molecule has 0 saturated carbocycles. The maximum absolute atomic E-state index is 11.7. The summed E-state index contributed by atoms with van der Waals surface area (Å²) in [7, 11) is 1.86. The Morgan fingerprint density at radius 3 is 3.05 bits per heavy atom. The average Bonchev–Trinajstić information content (AvgIpc) is 2.64. The average molecular weight is 263 g/mol. The standard InChI is InChI=1S/C13H21N5O/c1-3-5-10-12(14-2)16-9-17-13(10)18-7-4-6-15-11(19)8-18/h9H,3-8H2,1-2H3,(H,15,19)(H,14,16,17). The Morgan fingerprint density at radius 2 is 2.32 bits per heavy atom. The second kappa shape index (κ2) is 6.36. The number of amides is 1. The smallest absolute Gasteiger partial charge is 0.239 e. The van der Waals surface area contributed by atoms with Crippen LogP contribution in [0.5, 0.6) is 0 Å². The number of hydrogen-bond donors (Lipinski definition) is 2. The largest absolute Gasteiger partial charge is 0.373 e. The molecule has 104 valence electrons. The van der Waals surface area contributed by atoms with E-state index < -0.39 is 0 Å². The molecule has 0 radical (unpaired) electrons. The quantitative estimate of drug-likeness (QED) is 0.840. The van der Waals surface area contributed by atoms with Gasteiger partial charge in [-0.2, -0.15) is 0 Å². The summed E-state index contributed by atoms with van der Waals surface area (Å²) < 4.78 is 0. The SMILES string of the molecule is CCCc1c(NC)ncnc1N1CCCNC(=O)C1. The highest BCUT2D eigenvalue weighted by Crippen LogP contribution is 2.25. The van der Waals surface area contributed by atoms with E-state index in [-0.39, 0.29) is 5.91 Å². The van der Waals surface area contributed by atoms with Crippen molar-refractivity contribution in [1.29, 1.82) is 0 Å². The molecule has 6 heteroatoms. The van der Waals surface area contributed by atoms with Crippen LogP contribution < -0.4 is 15.5 Å². The van der Waals surface area contributed by atoms with Gasteiger partial charge in [0, 0.05) is 25.7 Å². The molecule has 1 aromatic rings. The van der Waals surface area contributed by atoms with Gasteiger partial charge in [-0.1, -0.05) is 13.3 Å². The van der Waals surface area contributed by atoms with Gasteiger partial charge in [0.15, 0.2) is 0 Å². The molecule has 0 spiro atoms. The molecule has 2 rings (SSSR count). The lowest BCUT2D eigenvalue weighted by atomic mass is 10.1. The fourth-order valence-corrected chi connectivity index (χ4v) is 2.36. The molecule has 6 nitrogen and oxygen atoms in total. The van der Waals surface area contributed by atoms with Crippen molar-refractivity contribution in [2.24, 2.45) is 0 Å². The topological polar surface area (TPSA) is 70.2 Å². The van der Waals surface area contributed by atoms with Gasteiger partial charge in [0.05, 0.1) is 6.54 Å². The van der Waals surface area contributed by atoms with E-state index in [4.69, 9.17) is 0 Å². The van der Waals surface area contributed by atoms with Crippen LogP contribution in [0.15, 0.2) is 6.33 Å². The van der Waals surface area contributed by atoms with Gasteiger partial charge in [-0.15, -0.1) is 0 Å². The minimum absolute atomic E-state index is 0.0598. The Bertz CT molecular complexity index is 449. The number of aromatic nitrogens is 2. The molecular formula is C13H21N5O. The van der Waals surface area contributed by atoms with Gasteiger partial charge in [-0.25, -0.2) is 9.97 Å². The zero-order valence-corrected chi connectivity index (χ0v) is 11.6. The Balaban J connectivity index is 2.33. The summed E-state index contributed by atoms with van der Waals surface area (Å²) in [4.78, 5) is 22.4. The molecule has 19 heavy (non-hydrogen) atoms. The predicted molar refractivity (Wildman–Crippen MR) is 75.4 cm³/mol. The zero-order valence-electron chi connectivity index (χ0n) is 11.6. The van der Waals surface area contributed by atoms with Crippen molar-refractivity contribution in [2.45, 2.75) is 26.2 Å². The van der Waals surface area contributed by atoms with E-state index in [9.17, 15) is 4.79 Å². The molecule has 1 aromatic heterocycles. The van der Waals surface area contributed by atoms with Crippen molar-refractivity contribution < 1.29 is 4.79 Å². The normalized spacial score (nSPS) is 15.9. The fourth-order valence-electron chi connectivity index (χ4n) is 2.36. The number of hydrogen-bond acceptors (Lipinski definition) is 5. The van der Waals surface area contributed by atoms with Crippen LogP contribution in [-0.4, -0.2) is 42.6 Å². The molecule has 1 fully saturated rings. The molecule has 2 heterocycles. The zero-order chi connectivity index (χ0) is 13.7. The molecule has 1 saturated heterocycles. The maximum Gasteiger partial charge on any atom is 0.239 e. The Kier molecular flexibility index (Phi) is 4.54. The number of rotatable bonds is 4. The van der Waals surface area contributed by atoms with E-state index in [1.165, 1.54) is 0 Å². The molecule has 1 aliphatic rings. The highest BCUT2D eigenvalue weighted by atomic mass is 16.2. The van der Waals surface area contributed by atoms with E-state index in [2.05, 4.69) is 32.4 Å². The minimum atomic E-state index is 0.0598. The summed E-state index contributed by atoms with van der Waals surface area (Å²) in [6.07, 6.45) is 4.43. The first-order valence-electron chi connectivity index (χ1n) is 6.79. The van der Waals surface area contributed by atoms with Gasteiger partial charge >= 0.3 is 0 Å². The number of nitrogens with zero attached hydrogens (tertiary/aromatic N) is 3. The van der Waals surface area contributed by atoms with Crippen molar-refractivity contribution >= 4 is 17.5 Å². The lowest BCUT2D eigenvalue weighted by Crippen LogP contribution is -2.34. The molecule has 0 aromatic carbocycles. The molecule has 0 atom stereocenters. The summed E-state index contributed by atoms with van der Waals surface area (Å²) in [6, 6.07) is 0. The monoisotopic (exact) mass is 263 g/mol. The third-order valence-corrected chi connectivity index (χ3v) is 3.22. The van der Waals surface area contributed by atoms with Crippen LogP contribution in [0.25, 0.3) is 0 Å². The van der Waals surface area contributed by atoms with Crippen molar-refractivity contribution in [3.63, 3.8) is 0 Å². The molecule has 0 unspecified atom stereocenters. The van der Waals surface area contributed by atoms with Crippen LogP contribution in [0.2, 0.25) is 0 Å². The number of carbonyl (C=O) groups excluding carboxylic acids is 1. The molecule has 0 aliphatic carbocycles. The Hall–Kier alpha value is -1.85. The molecular weight excluding hydrogens is 242 g/mol. The van der Waals surface area contributed by atoms with Crippen molar-refractivity contribution in [1.82, 2.24) is 15.3 Å². The third-order valence-electron chi connectivity index (χ3n) is 3.22. The number of anilines is 2. The summed E-state index contributed by atoms with van der Waals surface area (Å²) >= 11 is 0. The Labute approximate surface area is 113 Å². The highest BCUT2D eigenvalue weighted by molar-refractivity contribution is 5.82.